The quantitative estimate of drug-likeness (QED) is 0.889. The van der Waals surface area contributed by atoms with Crippen molar-refractivity contribution in [3.8, 4) is 0 Å². The van der Waals surface area contributed by atoms with Crippen LogP contribution in [0.15, 0.2) is 30.3 Å². The van der Waals surface area contributed by atoms with Crippen LogP contribution >= 0.6 is 0 Å². The van der Waals surface area contributed by atoms with Gasteiger partial charge in [0.2, 0.25) is 0 Å². The van der Waals surface area contributed by atoms with E-state index in [4.69, 9.17) is 9.84 Å². The van der Waals surface area contributed by atoms with Crippen molar-refractivity contribution in [1.29, 1.82) is 0 Å². The molecule has 2 rings (SSSR count). The maximum atomic E-state index is 12.6. The molecule has 2 atom stereocenters. The average Bonchev–Trinajstić information content (AvgIpc) is 2.93. The van der Waals surface area contributed by atoms with Gasteiger partial charge in [-0.25, -0.2) is 4.79 Å². The lowest BCUT2D eigenvalue weighted by Gasteiger charge is -2.31. The fourth-order valence-corrected chi connectivity index (χ4v) is 2.59. The highest BCUT2D eigenvalue weighted by molar-refractivity contribution is 5.74. The number of carbonyl (C=O) groups excluding carboxylic acids is 1. The number of carbonyl (C=O) groups is 2. The van der Waals surface area contributed by atoms with Gasteiger partial charge in [0.05, 0.1) is 0 Å². The number of amides is 1. The third-order valence-corrected chi connectivity index (χ3v) is 3.67. The minimum Gasteiger partial charge on any atom is -0.480 e. The molecule has 126 valence electrons. The first-order valence-electron chi connectivity index (χ1n) is 7.76. The van der Waals surface area contributed by atoms with Crippen LogP contribution in [-0.2, 0) is 16.1 Å². The molecule has 1 amide bonds. The van der Waals surface area contributed by atoms with E-state index in [1.54, 1.807) is 4.90 Å². The summed E-state index contributed by atoms with van der Waals surface area (Å²) in [5.41, 5.74) is 0.390. The molecule has 6 nitrogen and oxygen atoms in total. The van der Waals surface area contributed by atoms with E-state index in [1.165, 1.54) is 0 Å². The van der Waals surface area contributed by atoms with Gasteiger partial charge in [0.1, 0.15) is 11.6 Å². The lowest BCUT2D eigenvalue weighted by molar-refractivity contribution is -0.139. The van der Waals surface area contributed by atoms with Crippen LogP contribution in [0.2, 0.25) is 0 Å². The Kier molecular flexibility index (Phi) is 5.26. The number of nitrogens with one attached hydrogen (secondary N) is 1. The lowest BCUT2D eigenvalue weighted by atomic mass is 10.1. The lowest BCUT2D eigenvalue weighted by Crippen LogP contribution is -2.43. The SMILES string of the molecule is CC(C)(C)OC(=O)N(Cc1ccccc1)[C@H]1CN[C@H](C(=O)O)C1. The number of hydrogen-bond donors (Lipinski definition) is 2. The van der Waals surface area contributed by atoms with Gasteiger partial charge in [0.25, 0.3) is 0 Å². The van der Waals surface area contributed by atoms with Crippen LogP contribution in [0.4, 0.5) is 4.79 Å². The summed E-state index contributed by atoms with van der Waals surface area (Å²) < 4.78 is 5.49. The van der Waals surface area contributed by atoms with Crippen LogP contribution in [0.25, 0.3) is 0 Å². The van der Waals surface area contributed by atoms with Crippen molar-refractivity contribution in [1.82, 2.24) is 10.2 Å². The molecule has 1 fully saturated rings. The third kappa shape index (κ3) is 4.96. The summed E-state index contributed by atoms with van der Waals surface area (Å²) in [4.78, 5) is 25.3. The number of hydrogen-bond acceptors (Lipinski definition) is 4. The number of ether oxygens (including phenoxy) is 1. The normalized spacial score (nSPS) is 21.0. The number of rotatable bonds is 4. The Morgan fingerprint density at radius 3 is 2.48 bits per heavy atom. The van der Waals surface area contributed by atoms with E-state index in [0.29, 0.717) is 19.5 Å². The van der Waals surface area contributed by atoms with Crippen molar-refractivity contribution in [3.63, 3.8) is 0 Å². The second kappa shape index (κ2) is 7.00. The molecule has 6 heteroatoms. The zero-order chi connectivity index (χ0) is 17.0. The molecule has 1 aromatic rings. The van der Waals surface area contributed by atoms with E-state index in [9.17, 15) is 9.59 Å². The van der Waals surface area contributed by atoms with Gasteiger partial charge in [-0.15, -0.1) is 0 Å². The second-order valence-corrected chi connectivity index (χ2v) is 6.78. The molecule has 0 unspecified atom stereocenters. The molecule has 0 spiro atoms. The molecule has 0 saturated carbocycles. The van der Waals surface area contributed by atoms with Gasteiger partial charge >= 0.3 is 12.1 Å². The van der Waals surface area contributed by atoms with Gasteiger partial charge in [-0.3, -0.25) is 9.69 Å². The van der Waals surface area contributed by atoms with E-state index >= 15 is 0 Å². The average molecular weight is 320 g/mol. The van der Waals surface area contributed by atoms with Crippen LogP contribution in [0, 0.1) is 0 Å². The minimum absolute atomic E-state index is 0.203. The van der Waals surface area contributed by atoms with E-state index in [2.05, 4.69) is 5.32 Å². The van der Waals surface area contributed by atoms with Crippen molar-refractivity contribution in [2.24, 2.45) is 0 Å². The van der Waals surface area contributed by atoms with E-state index in [1.807, 2.05) is 51.1 Å². The van der Waals surface area contributed by atoms with E-state index in [0.717, 1.165) is 5.56 Å². The number of carboxylic acid groups (broad SMARTS) is 1. The predicted octanol–water partition coefficient (Wildman–Crippen LogP) is 2.24. The van der Waals surface area contributed by atoms with Crippen LogP contribution in [-0.4, -0.2) is 46.3 Å². The van der Waals surface area contributed by atoms with Gasteiger partial charge in [-0.2, -0.15) is 0 Å². The molecule has 1 aliphatic rings. The minimum atomic E-state index is -0.892. The van der Waals surface area contributed by atoms with Gasteiger partial charge in [0.15, 0.2) is 0 Å². The second-order valence-electron chi connectivity index (χ2n) is 6.78. The van der Waals surface area contributed by atoms with Crippen molar-refractivity contribution in [2.45, 2.75) is 51.4 Å². The first kappa shape index (κ1) is 17.3. The highest BCUT2D eigenvalue weighted by Gasteiger charge is 2.36. The molecular weight excluding hydrogens is 296 g/mol. The summed E-state index contributed by atoms with van der Waals surface area (Å²) in [5.74, 6) is -0.892. The van der Waals surface area contributed by atoms with Crippen molar-refractivity contribution >= 4 is 12.1 Å². The monoisotopic (exact) mass is 320 g/mol. The first-order valence-corrected chi connectivity index (χ1v) is 7.76. The van der Waals surface area contributed by atoms with Gasteiger partial charge < -0.3 is 15.2 Å². The summed E-state index contributed by atoms with van der Waals surface area (Å²) in [6.07, 6.45) is -0.0410. The summed E-state index contributed by atoms with van der Waals surface area (Å²) in [7, 11) is 0. The Labute approximate surface area is 136 Å². The van der Waals surface area contributed by atoms with Crippen LogP contribution in [0.5, 0.6) is 0 Å². The Morgan fingerprint density at radius 1 is 1.30 bits per heavy atom. The molecule has 0 bridgehead atoms. The number of nitrogens with zero attached hydrogens (tertiary/aromatic N) is 1. The van der Waals surface area contributed by atoms with Crippen LogP contribution < -0.4 is 5.32 Å². The summed E-state index contributed by atoms with van der Waals surface area (Å²) >= 11 is 0. The maximum absolute atomic E-state index is 12.6. The zero-order valence-electron chi connectivity index (χ0n) is 13.8. The Balaban J connectivity index is 2.14. The molecular formula is C17H24N2O4. The van der Waals surface area contributed by atoms with Crippen molar-refractivity contribution < 1.29 is 19.4 Å². The fourth-order valence-electron chi connectivity index (χ4n) is 2.59. The molecule has 0 aliphatic carbocycles. The topological polar surface area (TPSA) is 78.9 Å². The van der Waals surface area contributed by atoms with Gasteiger partial charge in [-0.05, 0) is 32.8 Å². The Bertz CT molecular complexity index is 553. The van der Waals surface area contributed by atoms with Gasteiger partial charge in [0, 0.05) is 19.1 Å². The van der Waals surface area contributed by atoms with Crippen molar-refractivity contribution in [3.05, 3.63) is 35.9 Å². The maximum Gasteiger partial charge on any atom is 0.410 e. The molecule has 2 N–H and O–H groups in total. The third-order valence-electron chi connectivity index (χ3n) is 3.67. The molecule has 23 heavy (non-hydrogen) atoms. The van der Waals surface area contributed by atoms with E-state index in [-0.39, 0.29) is 6.04 Å². The Morgan fingerprint density at radius 2 is 1.96 bits per heavy atom. The molecule has 1 aliphatic heterocycles. The van der Waals surface area contributed by atoms with Crippen LogP contribution in [0.1, 0.15) is 32.8 Å². The van der Waals surface area contributed by atoms with Gasteiger partial charge in [-0.1, -0.05) is 30.3 Å². The molecule has 1 saturated heterocycles. The largest absolute Gasteiger partial charge is 0.480 e. The molecule has 0 radical (unpaired) electrons. The van der Waals surface area contributed by atoms with Crippen molar-refractivity contribution in [2.75, 3.05) is 6.54 Å². The Hall–Kier alpha value is -2.08. The highest BCUT2D eigenvalue weighted by atomic mass is 16.6. The molecule has 0 aromatic heterocycles. The molecule has 1 aromatic carbocycles. The summed E-state index contributed by atoms with van der Waals surface area (Å²) in [6, 6.07) is 8.79. The summed E-state index contributed by atoms with van der Waals surface area (Å²) in [5, 5.41) is 12.1. The number of benzene rings is 1. The highest BCUT2D eigenvalue weighted by Crippen LogP contribution is 2.20. The zero-order valence-corrected chi connectivity index (χ0v) is 13.8. The summed E-state index contributed by atoms with van der Waals surface area (Å²) in [6.45, 7) is 6.30. The van der Waals surface area contributed by atoms with Crippen LogP contribution in [0.3, 0.4) is 0 Å². The molecule has 1 heterocycles. The number of carboxylic acids is 1. The smallest absolute Gasteiger partial charge is 0.410 e. The first-order chi connectivity index (χ1) is 10.8. The fraction of sp³-hybridized carbons (Fsp3) is 0.529. The standard InChI is InChI=1S/C17H24N2O4/c1-17(2,3)23-16(22)19(11-12-7-5-4-6-8-12)13-9-14(15(20)21)18-10-13/h4-8,13-14,18H,9-11H2,1-3H3,(H,20,21)/t13-,14+/m1/s1. The van der Waals surface area contributed by atoms with E-state index < -0.39 is 23.7 Å². The number of aliphatic carboxylic acids is 1. The predicted molar refractivity (Wildman–Crippen MR) is 86.1 cm³/mol.